The zero-order valence-corrected chi connectivity index (χ0v) is 21.2. The van der Waals surface area contributed by atoms with Crippen LogP contribution in [0.3, 0.4) is 0 Å². The average molecular weight is 498 g/mol. The number of ether oxygens (including phenoxy) is 2. The lowest BCUT2D eigenvalue weighted by atomic mass is 9.81. The fraction of sp³-hybridized carbons (Fsp3) is 0.556. The Bertz CT molecular complexity index is 997. The van der Waals surface area contributed by atoms with Crippen LogP contribution >= 0.6 is 11.6 Å². The summed E-state index contributed by atoms with van der Waals surface area (Å²) in [6, 6.07) is 13.7. The second-order valence-corrected chi connectivity index (χ2v) is 10.0. The summed E-state index contributed by atoms with van der Waals surface area (Å²) in [5.74, 6) is 0.851. The summed E-state index contributed by atoms with van der Waals surface area (Å²) in [6.07, 6.45) is 7.74. The first-order valence-electron chi connectivity index (χ1n) is 12.6. The molecular weight excluding hydrogens is 462 g/mol. The maximum absolute atomic E-state index is 9.73. The minimum atomic E-state index is -0.377. The van der Waals surface area contributed by atoms with Crippen LogP contribution in [-0.4, -0.2) is 57.1 Å². The van der Waals surface area contributed by atoms with Crippen LogP contribution in [-0.2, 0) is 9.47 Å². The van der Waals surface area contributed by atoms with Gasteiger partial charge in [0.1, 0.15) is 5.82 Å². The third kappa shape index (κ3) is 7.08. The van der Waals surface area contributed by atoms with E-state index in [1.807, 2.05) is 18.2 Å². The van der Waals surface area contributed by atoms with E-state index in [-0.39, 0.29) is 5.41 Å². The molecule has 0 unspecified atom stereocenters. The van der Waals surface area contributed by atoms with Gasteiger partial charge in [-0.05, 0) is 62.3 Å². The number of nitrogens with zero attached hydrogens (tertiary/aromatic N) is 2. The first-order valence-corrected chi connectivity index (χ1v) is 13.0. The van der Waals surface area contributed by atoms with E-state index in [4.69, 9.17) is 21.1 Å². The molecule has 2 heterocycles. The Balaban J connectivity index is 1.38. The number of benzene rings is 1. The summed E-state index contributed by atoms with van der Waals surface area (Å²) >= 11 is 6.56. The quantitative estimate of drug-likeness (QED) is 0.393. The first-order chi connectivity index (χ1) is 17.1. The molecule has 0 spiro atoms. The third-order valence-electron chi connectivity index (χ3n) is 7.17. The summed E-state index contributed by atoms with van der Waals surface area (Å²) in [7, 11) is 1.74. The molecule has 2 aliphatic rings. The normalized spacial score (nSPS) is 21.7. The van der Waals surface area contributed by atoms with Gasteiger partial charge in [0.25, 0.3) is 0 Å². The molecule has 0 amide bonds. The largest absolute Gasteiger partial charge is 0.383 e. The molecular formula is C27H36ClN5O2. The van der Waals surface area contributed by atoms with Crippen molar-refractivity contribution in [2.45, 2.75) is 50.6 Å². The summed E-state index contributed by atoms with van der Waals surface area (Å²) < 4.78 is 10.6. The second-order valence-electron chi connectivity index (χ2n) is 9.63. The topological polar surface area (TPSA) is 91.2 Å². The van der Waals surface area contributed by atoms with Gasteiger partial charge >= 0.3 is 0 Å². The Labute approximate surface area is 213 Å². The van der Waals surface area contributed by atoms with Crippen molar-refractivity contribution in [3.8, 4) is 17.2 Å². The van der Waals surface area contributed by atoms with E-state index in [0.717, 1.165) is 74.3 Å². The number of rotatable bonds is 10. The summed E-state index contributed by atoms with van der Waals surface area (Å²) in [6.45, 7) is 3.55. The van der Waals surface area contributed by atoms with Crippen LogP contribution in [0.4, 0.5) is 11.5 Å². The molecule has 1 saturated heterocycles. The van der Waals surface area contributed by atoms with Crippen molar-refractivity contribution in [2.24, 2.45) is 5.41 Å². The molecule has 188 valence electrons. The molecule has 2 aromatic rings. The summed E-state index contributed by atoms with van der Waals surface area (Å²) in [5.41, 5.74) is 2.57. The SMILES string of the molecule is COCCNC1CCC(Nc2cc(-c3cccc(NCC4(C#N)CCOCC4)c3)c(Cl)cn2)CC1. The van der Waals surface area contributed by atoms with E-state index < -0.39 is 0 Å². The van der Waals surface area contributed by atoms with Crippen molar-refractivity contribution in [2.75, 3.05) is 50.7 Å². The molecule has 4 rings (SSSR count). The molecule has 7 nitrogen and oxygen atoms in total. The van der Waals surface area contributed by atoms with Gasteiger partial charge in [0.2, 0.25) is 0 Å². The van der Waals surface area contributed by atoms with Crippen LogP contribution in [0.2, 0.25) is 5.02 Å². The van der Waals surface area contributed by atoms with E-state index in [1.165, 1.54) is 0 Å². The summed E-state index contributed by atoms with van der Waals surface area (Å²) in [5, 5.41) is 21.0. The van der Waals surface area contributed by atoms with Gasteiger partial charge in [0.05, 0.1) is 23.1 Å². The number of nitriles is 1. The van der Waals surface area contributed by atoms with E-state index >= 15 is 0 Å². The highest BCUT2D eigenvalue weighted by molar-refractivity contribution is 6.33. The van der Waals surface area contributed by atoms with E-state index in [1.54, 1.807) is 13.3 Å². The van der Waals surface area contributed by atoms with Gasteiger partial charge in [-0.3, -0.25) is 0 Å². The van der Waals surface area contributed by atoms with Gasteiger partial charge in [-0.25, -0.2) is 4.98 Å². The van der Waals surface area contributed by atoms with Gasteiger partial charge in [-0.1, -0.05) is 23.7 Å². The number of pyridine rings is 1. The lowest BCUT2D eigenvalue weighted by molar-refractivity contribution is 0.0456. The Morgan fingerprint density at radius 3 is 2.69 bits per heavy atom. The molecule has 0 radical (unpaired) electrons. The highest BCUT2D eigenvalue weighted by atomic mass is 35.5. The number of halogens is 1. The lowest BCUT2D eigenvalue weighted by Crippen LogP contribution is -2.38. The van der Waals surface area contributed by atoms with Gasteiger partial charge < -0.3 is 25.4 Å². The van der Waals surface area contributed by atoms with Crippen LogP contribution in [0.15, 0.2) is 36.5 Å². The average Bonchev–Trinajstić information content (AvgIpc) is 2.90. The van der Waals surface area contributed by atoms with Crippen molar-refractivity contribution in [1.29, 1.82) is 5.26 Å². The Kier molecular flexibility index (Phi) is 9.22. The van der Waals surface area contributed by atoms with Crippen molar-refractivity contribution >= 4 is 23.1 Å². The second kappa shape index (κ2) is 12.5. The molecule has 1 aromatic carbocycles. The standard InChI is InChI=1S/C27H36ClN5O2/c1-34-14-11-30-21-5-7-22(8-6-21)33-26-16-24(25(28)17-31-26)20-3-2-4-23(15-20)32-19-27(18-29)9-12-35-13-10-27/h2-4,15-17,21-22,30,32H,5-14,19H2,1H3,(H,31,33). The number of aromatic nitrogens is 1. The van der Waals surface area contributed by atoms with Gasteiger partial charge in [-0.15, -0.1) is 0 Å². The first kappa shape index (κ1) is 25.7. The number of nitrogens with one attached hydrogen (secondary N) is 3. The highest BCUT2D eigenvalue weighted by Gasteiger charge is 2.32. The van der Waals surface area contributed by atoms with Crippen LogP contribution in [0.25, 0.3) is 11.1 Å². The predicted octanol–water partition coefficient (Wildman–Crippen LogP) is 5.09. The van der Waals surface area contributed by atoms with E-state index in [9.17, 15) is 5.26 Å². The number of anilines is 2. The number of hydrogen-bond acceptors (Lipinski definition) is 7. The van der Waals surface area contributed by atoms with Crippen LogP contribution in [0, 0.1) is 16.7 Å². The lowest BCUT2D eigenvalue weighted by Gasteiger charge is -2.31. The third-order valence-corrected chi connectivity index (χ3v) is 7.47. The predicted molar refractivity (Wildman–Crippen MR) is 141 cm³/mol. The van der Waals surface area contributed by atoms with Crippen LogP contribution < -0.4 is 16.0 Å². The van der Waals surface area contributed by atoms with E-state index in [0.29, 0.717) is 36.9 Å². The molecule has 1 saturated carbocycles. The zero-order chi connectivity index (χ0) is 24.5. The zero-order valence-electron chi connectivity index (χ0n) is 20.5. The molecule has 1 aliphatic carbocycles. The fourth-order valence-electron chi connectivity index (χ4n) is 4.91. The highest BCUT2D eigenvalue weighted by Crippen LogP contribution is 2.33. The Hall–Kier alpha value is -2.37. The number of hydrogen-bond donors (Lipinski definition) is 3. The molecule has 1 aromatic heterocycles. The maximum Gasteiger partial charge on any atom is 0.126 e. The molecule has 2 fully saturated rings. The maximum atomic E-state index is 9.73. The van der Waals surface area contributed by atoms with Crippen molar-refractivity contribution in [3.05, 3.63) is 41.6 Å². The molecule has 3 N–H and O–H groups in total. The molecule has 0 bridgehead atoms. The monoisotopic (exact) mass is 497 g/mol. The summed E-state index contributed by atoms with van der Waals surface area (Å²) in [4.78, 5) is 4.54. The van der Waals surface area contributed by atoms with Crippen molar-refractivity contribution in [3.63, 3.8) is 0 Å². The van der Waals surface area contributed by atoms with Crippen LogP contribution in [0.5, 0.6) is 0 Å². The minimum absolute atomic E-state index is 0.377. The molecule has 8 heteroatoms. The van der Waals surface area contributed by atoms with Crippen molar-refractivity contribution in [1.82, 2.24) is 10.3 Å². The van der Waals surface area contributed by atoms with E-state index in [2.05, 4.69) is 39.1 Å². The molecule has 1 aliphatic heterocycles. The van der Waals surface area contributed by atoms with Crippen molar-refractivity contribution < 1.29 is 9.47 Å². The molecule has 0 atom stereocenters. The van der Waals surface area contributed by atoms with Gasteiger partial charge in [-0.2, -0.15) is 5.26 Å². The Morgan fingerprint density at radius 2 is 1.94 bits per heavy atom. The number of methoxy groups -OCH3 is 1. The van der Waals surface area contributed by atoms with Gasteiger partial charge in [0.15, 0.2) is 0 Å². The fourth-order valence-corrected chi connectivity index (χ4v) is 5.13. The van der Waals surface area contributed by atoms with Crippen LogP contribution in [0.1, 0.15) is 38.5 Å². The molecule has 35 heavy (non-hydrogen) atoms. The Morgan fingerprint density at radius 1 is 1.17 bits per heavy atom. The minimum Gasteiger partial charge on any atom is -0.383 e. The smallest absolute Gasteiger partial charge is 0.126 e. The van der Waals surface area contributed by atoms with Gasteiger partial charge in [0, 0.05) is 62.9 Å².